The molecule has 204 valence electrons. The molecule has 2 heterocycles. The molecule has 0 saturated heterocycles. The molecule has 1 aromatic carbocycles. The number of alkyl halides is 3. The number of nitrogens with one attached hydrogen (secondary N) is 2. The molecule has 6 nitrogen and oxygen atoms in total. The summed E-state index contributed by atoms with van der Waals surface area (Å²) in [6, 6.07) is 5.05. The Bertz CT molecular complexity index is 1070. The Morgan fingerprint density at radius 2 is 1.11 bits per heavy atom. The average molecular weight is 523 g/mol. The summed E-state index contributed by atoms with van der Waals surface area (Å²) in [6.07, 6.45) is 3.14. The van der Waals surface area contributed by atoms with Gasteiger partial charge in [-0.05, 0) is 67.0 Å². The van der Waals surface area contributed by atoms with Gasteiger partial charge in [0.1, 0.15) is 11.4 Å². The van der Waals surface area contributed by atoms with Gasteiger partial charge in [0.05, 0.1) is 19.8 Å². The molecular weight excluding hydrogens is 485 g/mol. The van der Waals surface area contributed by atoms with Crippen molar-refractivity contribution in [1.29, 1.82) is 0 Å². The number of rotatable bonds is 6. The van der Waals surface area contributed by atoms with Gasteiger partial charge in [-0.25, -0.2) is 9.59 Å². The standard InChI is InChI=1S/2C10H15NO2.C8H7F3/c2*1-4-7-6-11-9(8(7)5-2)10(12)13-3;1-6-2-4-7(5-3-6)8(9,10)11/h2*6,11H,4-5H2,1-3H3;2-5H,1H3. The molecule has 0 radical (unpaired) electrons. The largest absolute Gasteiger partial charge is 0.464 e. The topological polar surface area (TPSA) is 84.2 Å². The van der Waals surface area contributed by atoms with Crippen LogP contribution in [0, 0.1) is 6.92 Å². The molecule has 0 saturated carbocycles. The van der Waals surface area contributed by atoms with Crippen LogP contribution in [-0.2, 0) is 41.3 Å². The Hall–Kier alpha value is -3.49. The number of aromatic nitrogens is 2. The van der Waals surface area contributed by atoms with E-state index in [0.717, 1.165) is 54.5 Å². The number of aryl methyl sites for hydroxylation is 3. The van der Waals surface area contributed by atoms with Crippen molar-refractivity contribution in [3.63, 3.8) is 0 Å². The third-order valence-corrected chi connectivity index (χ3v) is 5.79. The third-order valence-electron chi connectivity index (χ3n) is 5.79. The van der Waals surface area contributed by atoms with E-state index < -0.39 is 11.7 Å². The lowest BCUT2D eigenvalue weighted by atomic mass is 10.1. The van der Waals surface area contributed by atoms with E-state index in [1.54, 1.807) is 6.92 Å². The van der Waals surface area contributed by atoms with Crippen molar-refractivity contribution in [1.82, 2.24) is 9.97 Å². The number of methoxy groups -OCH3 is 2. The van der Waals surface area contributed by atoms with E-state index >= 15 is 0 Å². The Kier molecular flexibility index (Phi) is 12.7. The van der Waals surface area contributed by atoms with Crippen LogP contribution in [0.15, 0.2) is 36.7 Å². The molecule has 0 aliphatic heterocycles. The summed E-state index contributed by atoms with van der Waals surface area (Å²) in [4.78, 5) is 28.4. The first-order valence-corrected chi connectivity index (χ1v) is 12.2. The summed E-state index contributed by atoms with van der Waals surface area (Å²) in [6.45, 7) is 9.97. The van der Waals surface area contributed by atoms with Gasteiger partial charge < -0.3 is 19.4 Å². The van der Waals surface area contributed by atoms with Gasteiger partial charge >= 0.3 is 18.1 Å². The van der Waals surface area contributed by atoms with Crippen LogP contribution < -0.4 is 0 Å². The van der Waals surface area contributed by atoms with E-state index in [9.17, 15) is 22.8 Å². The van der Waals surface area contributed by atoms with Gasteiger partial charge in [0.25, 0.3) is 0 Å². The van der Waals surface area contributed by atoms with Crippen LogP contribution in [0.2, 0.25) is 0 Å². The van der Waals surface area contributed by atoms with E-state index in [1.807, 2.05) is 26.2 Å². The number of hydrogen-bond donors (Lipinski definition) is 2. The summed E-state index contributed by atoms with van der Waals surface area (Å²) in [7, 11) is 2.79. The highest BCUT2D eigenvalue weighted by Crippen LogP contribution is 2.28. The number of esters is 2. The second kappa shape index (κ2) is 14.9. The molecule has 2 N–H and O–H groups in total. The minimum absolute atomic E-state index is 0.281. The van der Waals surface area contributed by atoms with Crippen LogP contribution in [0.4, 0.5) is 13.2 Å². The molecule has 0 fully saturated rings. The van der Waals surface area contributed by atoms with Crippen LogP contribution in [0.1, 0.15) is 82.1 Å². The van der Waals surface area contributed by atoms with E-state index in [1.165, 1.54) is 37.5 Å². The van der Waals surface area contributed by atoms with Gasteiger partial charge in [-0.2, -0.15) is 13.2 Å². The Labute approximate surface area is 216 Å². The third kappa shape index (κ3) is 8.84. The SMILES string of the molecule is CCc1c[nH]c(C(=O)OC)c1CC.CCc1c[nH]c(C(=O)OC)c1CC.Cc1ccc(C(F)(F)F)cc1. The van der Waals surface area contributed by atoms with E-state index in [4.69, 9.17) is 0 Å². The van der Waals surface area contributed by atoms with Gasteiger partial charge in [0.15, 0.2) is 0 Å². The van der Waals surface area contributed by atoms with Crippen molar-refractivity contribution in [3.8, 4) is 0 Å². The maximum absolute atomic E-state index is 11.9. The summed E-state index contributed by atoms with van der Waals surface area (Å²) < 4.78 is 45.1. The predicted molar refractivity (Wildman–Crippen MR) is 138 cm³/mol. The number of carbonyl (C=O) groups excluding carboxylic acids is 2. The monoisotopic (exact) mass is 522 g/mol. The summed E-state index contributed by atoms with van der Waals surface area (Å²) in [5.74, 6) is -0.562. The van der Waals surface area contributed by atoms with Crippen LogP contribution >= 0.6 is 0 Å². The van der Waals surface area contributed by atoms with Crippen LogP contribution in [0.5, 0.6) is 0 Å². The number of carbonyl (C=O) groups is 2. The molecule has 0 aliphatic carbocycles. The van der Waals surface area contributed by atoms with Crippen LogP contribution in [-0.4, -0.2) is 36.1 Å². The number of hydrogen-bond acceptors (Lipinski definition) is 4. The number of halogens is 3. The molecule has 0 atom stereocenters. The molecule has 2 aromatic heterocycles. The summed E-state index contributed by atoms with van der Waals surface area (Å²) in [5.41, 5.74) is 5.99. The second-order valence-corrected chi connectivity index (χ2v) is 8.10. The molecular formula is C28H37F3N2O4. The highest BCUT2D eigenvalue weighted by Gasteiger charge is 2.29. The van der Waals surface area contributed by atoms with Gasteiger partial charge in [-0.15, -0.1) is 0 Å². The first-order valence-electron chi connectivity index (χ1n) is 12.2. The predicted octanol–water partition coefficient (Wildman–Crippen LogP) is 6.87. The molecule has 9 heteroatoms. The fraction of sp³-hybridized carbons (Fsp3) is 0.429. The lowest BCUT2D eigenvalue weighted by Crippen LogP contribution is -2.05. The normalized spacial score (nSPS) is 10.5. The zero-order chi connectivity index (χ0) is 28.2. The van der Waals surface area contributed by atoms with Crippen molar-refractivity contribution in [2.75, 3.05) is 14.2 Å². The van der Waals surface area contributed by atoms with Crippen molar-refractivity contribution < 1.29 is 32.2 Å². The van der Waals surface area contributed by atoms with Crippen LogP contribution in [0.25, 0.3) is 0 Å². The Morgan fingerprint density at radius 1 is 0.730 bits per heavy atom. The highest BCUT2D eigenvalue weighted by molar-refractivity contribution is 5.90. The lowest BCUT2D eigenvalue weighted by molar-refractivity contribution is -0.137. The van der Waals surface area contributed by atoms with Gasteiger partial charge in [0, 0.05) is 12.4 Å². The maximum Gasteiger partial charge on any atom is 0.416 e. The van der Waals surface area contributed by atoms with Gasteiger partial charge in [0.2, 0.25) is 0 Å². The smallest absolute Gasteiger partial charge is 0.416 e. The second-order valence-electron chi connectivity index (χ2n) is 8.10. The van der Waals surface area contributed by atoms with E-state index in [-0.39, 0.29) is 11.9 Å². The summed E-state index contributed by atoms with van der Waals surface area (Å²) >= 11 is 0. The van der Waals surface area contributed by atoms with Crippen molar-refractivity contribution in [2.45, 2.75) is 66.5 Å². The van der Waals surface area contributed by atoms with E-state index in [2.05, 4.69) is 33.3 Å². The number of H-pyrrole nitrogens is 2. The molecule has 0 amide bonds. The lowest BCUT2D eigenvalue weighted by Gasteiger charge is -2.05. The van der Waals surface area contributed by atoms with Gasteiger partial charge in [-0.1, -0.05) is 45.4 Å². The first-order chi connectivity index (χ1) is 17.5. The minimum Gasteiger partial charge on any atom is -0.464 e. The Balaban J connectivity index is 0.000000279. The fourth-order valence-corrected chi connectivity index (χ4v) is 3.74. The zero-order valence-corrected chi connectivity index (χ0v) is 22.6. The number of aromatic amines is 2. The maximum atomic E-state index is 11.9. The molecule has 0 unspecified atom stereocenters. The molecule has 0 aliphatic rings. The number of ether oxygens (including phenoxy) is 2. The fourth-order valence-electron chi connectivity index (χ4n) is 3.74. The first kappa shape index (κ1) is 31.5. The minimum atomic E-state index is -4.21. The quantitative estimate of drug-likeness (QED) is 0.346. The van der Waals surface area contributed by atoms with E-state index in [0.29, 0.717) is 11.4 Å². The molecule has 0 bridgehead atoms. The summed E-state index contributed by atoms with van der Waals surface area (Å²) in [5, 5.41) is 0. The van der Waals surface area contributed by atoms with Crippen LogP contribution in [0.3, 0.4) is 0 Å². The highest BCUT2D eigenvalue weighted by atomic mass is 19.4. The molecule has 3 aromatic rings. The Morgan fingerprint density at radius 3 is 1.38 bits per heavy atom. The van der Waals surface area contributed by atoms with Crippen molar-refractivity contribution in [2.24, 2.45) is 0 Å². The zero-order valence-electron chi connectivity index (χ0n) is 22.6. The molecule has 3 rings (SSSR count). The number of benzene rings is 1. The molecule has 37 heavy (non-hydrogen) atoms. The van der Waals surface area contributed by atoms with Crippen molar-refractivity contribution in [3.05, 3.63) is 81.4 Å². The van der Waals surface area contributed by atoms with Crippen molar-refractivity contribution >= 4 is 11.9 Å². The van der Waals surface area contributed by atoms with Gasteiger partial charge in [-0.3, -0.25) is 0 Å². The molecule has 0 spiro atoms. The average Bonchev–Trinajstić information content (AvgIpc) is 3.51.